The van der Waals surface area contributed by atoms with Crippen LogP contribution in [0.3, 0.4) is 0 Å². The molecule has 0 saturated carbocycles. The predicted octanol–water partition coefficient (Wildman–Crippen LogP) is 0.911. The molecule has 0 aliphatic carbocycles. The molecule has 5 nitrogen and oxygen atoms in total. The molecule has 5 heteroatoms. The van der Waals surface area contributed by atoms with E-state index in [2.05, 4.69) is 0 Å². The third kappa shape index (κ3) is 2.41. The van der Waals surface area contributed by atoms with E-state index < -0.39 is 6.10 Å². The zero-order valence-corrected chi connectivity index (χ0v) is 10.5. The van der Waals surface area contributed by atoms with E-state index in [0.717, 1.165) is 0 Å². The molecule has 1 aromatic carbocycles. The number of hydrogen-bond donors (Lipinski definition) is 1. The van der Waals surface area contributed by atoms with Gasteiger partial charge in [-0.05, 0) is 18.6 Å². The van der Waals surface area contributed by atoms with Crippen LogP contribution in [0.25, 0.3) is 0 Å². The molecule has 1 heterocycles. The molecule has 1 N–H and O–H groups in total. The number of methoxy groups -OCH3 is 2. The fraction of sp³-hybridized carbons (Fsp3) is 0.462. The Labute approximate surface area is 106 Å². The summed E-state index contributed by atoms with van der Waals surface area (Å²) < 4.78 is 10.3. The number of carbonyl (C=O) groups excluding carboxylic acids is 1. The summed E-state index contributed by atoms with van der Waals surface area (Å²) in [5.74, 6) is 1.01. The Balaban J connectivity index is 2.24. The van der Waals surface area contributed by atoms with Crippen molar-refractivity contribution >= 4 is 5.91 Å². The van der Waals surface area contributed by atoms with Gasteiger partial charge < -0.3 is 19.5 Å². The van der Waals surface area contributed by atoms with Gasteiger partial charge in [0.25, 0.3) is 5.91 Å². The second-order valence-electron chi connectivity index (χ2n) is 4.26. The summed E-state index contributed by atoms with van der Waals surface area (Å²) in [5, 5.41) is 9.46. The van der Waals surface area contributed by atoms with Crippen LogP contribution in [-0.2, 0) is 0 Å². The molecule has 0 aromatic heterocycles. The Bertz CT molecular complexity index is 447. The highest BCUT2D eigenvalue weighted by Crippen LogP contribution is 2.26. The van der Waals surface area contributed by atoms with Gasteiger partial charge in [0.1, 0.15) is 11.5 Å². The zero-order chi connectivity index (χ0) is 13.1. The van der Waals surface area contributed by atoms with Gasteiger partial charge in [0.2, 0.25) is 0 Å². The van der Waals surface area contributed by atoms with Crippen LogP contribution in [0, 0.1) is 0 Å². The summed E-state index contributed by atoms with van der Waals surface area (Å²) in [4.78, 5) is 13.9. The van der Waals surface area contributed by atoms with Gasteiger partial charge in [0, 0.05) is 19.2 Å². The van der Waals surface area contributed by atoms with E-state index in [9.17, 15) is 9.90 Å². The number of likely N-dealkylation sites (tertiary alicyclic amines) is 1. The van der Waals surface area contributed by atoms with Crippen LogP contribution >= 0.6 is 0 Å². The number of hydrogen-bond acceptors (Lipinski definition) is 4. The van der Waals surface area contributed by atoms with Crippen LogP contribution in [0.15, 0.2) is 18.2 Å². The van der Waals surface area contributed by atoms with E-state index >= 15 is 0 Å². The molecule has 1 fully saturated rings. The number of carbonyl (C=O) groups is 1. The van der Waals surface area contributed by atoms with Crippen molar-refractivity contribution in [1.29, 1.82) is 0 Å². The monoisotopic (exact) mass is 251 g/mol. The van der Waals surface area contributed by atoms with Crippen molar-refractivity contribution in [1.82, 2.24) is 4.90 Å². The average Bonchev–Trinajstić information content (AvgIpc) is 2.83. The number of rotatable bonds is 3. The molecular weight excluding hydrogens is 234 g/mol. The number of nitrogens with zero attached hydrogens (tertiary/aromatic N) is 1. The van der Waals surface area contributed by atoms with Crippen LogP contribution in [0.1, 0.15) is 16.8 Å². The highest BCUT2D eigenvalue weighted by molar-refractivity contribution is 5.97. The fourth-order valence-electron chi connectivity index (χ4n) is 2.07. The highest BCUT2D eigenvalue weighted by atomic mass is 16.5. The smallest absolute Gasteiger partial charge is 0.257 e. The lowest BCUT2D eigenvalue weighted by Crippen LogP contribution is -2.29. The Morgan fingerprint density at radius 2 is 2.17 bits per heavy atom. The van der Waals surface area contributed by atoms with E-state index in [1.54, 1.807) is 30.2 Å². The van der Waals surface area contributed by atoms with Crippen molar-refractivity contribution in [3.63, 3.8) is 0 Å². The second kappa shape index (κ2) is 5.27. The van der Waals surface area contributed by atoms with E-state index in [1.807, 2.05) is 0 Å². The third-order valence-electron chi connectivity index (χ3n) is 3.09. The second-order valence-corrected chi connectivity index (χ2v) is 4.26. The van der Waals surface area contributed by atoms with Gasteiger partial charge in [-0.2, -0.15) is 0 Å². The molecule has 1 aliphatic rings. The summed E-state index contributed by atoms with van der Waals surface area (Å²) in [6, 6.07) is 5.09. The highest BCUT2D eigenvalue weighted by Gasteiger charge is 2.27. The molecule has 1 aromatic rings. The van der Waals surface area contributed by atoms with Gasteiger partial charge in [0.05, 0.1) is 25.9 Å². The first-order valence-electron chi connectivity index (χ1n) is 5.85. The van der Waals surface area contributed by atoms with Crippen LogP contribution < -0.4 is 9.47 Å². The first-order chi connectivity index (χ1) is 8.65. The molecule has 1 aliphatic heterocycles. The number of β-amino-alcohol motifs (C(OH)–C–C–N with tert-alkyl or cyclic N) is 1. The number of amides is 1. The van der Waals surface area contributed by atoms with Gasteiger partial charge in [-0.1, -0.05) is 0 Å². The zero-order valence-electron chi connectivity index (χ0n) is 10.5. The Hall–Kier alpha value is -1.75. The Kier molecular flexibility index (Phi) is 3.72. The molecular formula is C13H17NO4. The van der Waals surface area contributed by atoms with E-state index in [0.29, 0.717) is 36.6 Å². The van der Waals surface area contributed by atoms with Gasteiger partial charge in [-0.15, -0.1) is 0 Å². The van der Waals surface area contributed by atoms with Gasteiger partial charge >= 0.3 is 0 Å². The van der Waals surface area contributed by atoms with Crippen molar-refractivity contribution in [3.05, 3.63) is 23.8 Å². The number of aliphatic hydroxyl groups is 1. The van der Waals surface area contributed by atoms with E-state index in [1.165, 1.54) is 7.11 Å². The van der Waals surface area contributed by atoms with Crippen LogP contribution in [-0.4, -0.2) is 49.3 Å². The van der Waals surface area contributed by atoms with Crippen molar-refractivity contribution < 1.29 is 19.4 Å². The molecule has 2 rings (SSSR count). The van der Waals surface area contributed by atoms with Crippen molar-refractivity contribution in [2.24, 2.45) is 0 Å². The van der Waals surface area contributed by atoms with Crippen molar-refractivity contribution in [3.8, 4) is 11.5 Å². The minimum absolute atomic E-state index is 0.119. The largest absolute Gasteiger partial charge is 0.497 e. The number of aliphatic hydroxyl groups excluding tert-OH is 1. The molecule has 1 atom stereocenters. The van der Waals surface area contributed by atoms with Crippen molar-refractivity contribution in [2.75, 3.05) is 27.3 Å². The minimum Gasteiger partial charge on any atom is -0.497 e. The Morgan fingerprint density at radius 1 is 1.39 bits per heavy atom. The van der Waals surface area contributed by atoms with Crippen LogP contribution in [0.4, 0.5) is 0 Å². The molecule has 1 saturated heterocycles. The molecule has 0 bridgehead atoms. The SMILES string of the molecule is COc1ccc(C(=O)N2CC[C@@H](O)C2)c(OC)c1. The first-order valence-corrected chi connectivity index (χ1v) is 5.85. The lowest BCUT2D eigenvalue weighted by molar-refractivity contribution is 0.0761. The van der Waals surface area contributed by atoms with Gasteiger partial charge in [-0.25, -0.2) is 0 Å². The maximum absolute atomic E-state index is 12.3. The predicted molar refractivity (Wildman–Crippen MR) is 66.1 cm³/mol. The quantitative estimate of drug-likeness (QED) is 0.867. The Morgan fingerprint density at radius 3 is 2.72 bits per heavy atom. The van der Waals surface area contributed by atoms with Crippen LogP contribution in [0.5, 0.6) is 11.5 Å². The maximum Gasteiger partial charge on any atom is 0.257 e. The molecule has 0 radical (unpaired) electrons. The normalized spacial score (nSPS) is 18.8. The van der Waals surface area contributed by atoms with Crippen LogP contribution in [0.2, 0.25) is 0 Å². The lowest BCUT2D eigenvalue weighted by Gasteiger charge is -2.17. The summed E-state index contributed by atoms with van der Waals surface area (Å²) in [6.07, 6.45) is 0.211. The summed E-state index contributed by atoms with van der Waals surface area (Å²) in [6.45, 7) is 0.962. The number of ether oxygens (including phenoxy) is 2. The summed E-state index contributed by atoms with van der Waals surface area (Å²) in [5.41, 5.74) is 0.493. The van der Waals surface area contributed by atoms with Gasteiger partial charge in [0.15, 0.2) is 0 Å². The lowest BCUT2D eigenvalue weighted by atomic mass is 10.1. The van der Waals surface area contributed by atoms with Gasteiger partial charge in [-0.3, -0.25) is 4.79 Å². The van der Waals surface area contributed by atoms with E-state index in [4.69, 9.17) is 9.47 Å². The first kappa shape index (κ1) is 12.7. The molecule has 1 amide bonds. The van der Waals surface area contributed by atoms with Crippen molar-refractivity contribution in [2.45, 2.75) is 12.5 Å². The topological polar surface area (TPSA) is 59.0 Å². The summed E-state index contributed by atoms with van der Waals surface area (Å²) >= 11 is 0. The minimum atomic E-state index is -0.418. The maximum atomic E-state index is 12.3. The molecule has 98 valence electrons. The number of benzene rings is 1. The fourth-order valence-corrected chi connectivity index (χ4v) is 2.07. The van der Waals surface area contributed by atoms with E-state index in [-0.39, 0.29) is 5.91 Å². The molecule has 18 heavy (non-hydrogen) atoms. The average molecular weight is 251 g/mol. The molecule has 0 unspecified atom stereocenters. The summed E-state index contributed by atoms with van der Waals surface area (Å²) in [7, 11) is 3.08. The molecule has 0 spiro atoms. The standard InChI is InChI=1S/C13H17NO4/c1-17-10-3-4-11(12(7-10)18-2)13(16)14-6-5-9(15)8-14/h3-4,7,9,15H,5-6,8H2,1-2H3/t9-/m1/s1. The third-order valence-corrected chi connectivity index (χ3v) is 3.09.